The van der Waals surface area contributed by atoms with E-state index in [9.17, 15) is 9.90 Å². The molecule has 3 nitrogen and oxygen atoms in total. The molecule has 1 N–H and O–H groups in total. The van der Waals surface area contributed by atoms with Crippen LogP contribution in [0.1, 0.15) is 59.3 Å². The number of hydrogen-bond donors (Lipinski definition) is 1. The smallest absolute Gasteiger partial charge is 0.320 e. The Morgan fingerprint density at radius 3 is 2.32 bits per heavy atom. The maximum atomic E-state index is 11.6. The molecule has 1 saturated heterocycles. The van der Waals surface area contributed by atoms with E-state index < -0.39 is 5.97 Å². The highest BCUT2D eigenvalue weighted by Crippen LogP contribution is 2.36. The van der Waals surface area contributed by atoms with Gasteiger partial charge in [0.25, 0.3) is 0 Å². The minimum absolute atomic E-state index is 0.235. The molecule has 2 rings (SSSR count). The molecule has 4 atom stereocenters. The van der Waals surface area contributed by atoms with E-state index >= 15 is 0 Å². The minimum Gasteiger partial charge on any atom is -0.480 e. The summed E-state index contributed by atoms with van der Waals surface area (Å²) in [5, 5.41) is 9.54. The summed E-state index contributed by atoms with van der Waals surface area (Å²) in [4.78, 5) is 13.9. The van der Waals surface area contributed by atoms with Crippen LogP contribution in [0.2, 0.25) is 0 Å². The van der Waals surface area contributed by atoms with E-state index in [1.54, 1.807) is 0 Å². The summed E-state index contributed by atoms with van der Waals surface area (Å²) in [6.45, 7) is 7.80. The van der Waals surface area contributed by atoms with Crippen molar-refractivity contribution < 1.29 is 9.90 Å². The van der Waals surface area contributed by atoms with E-state index in [2.05, 4.69) is 25.7 Å². The molecule has 1 heterocycles. The molecule has 0 aromatic rings. The van der Waals surface area contributed by atoms with Crippen LogP contribution in [0.4, 0.5) is 0 Å². The minimum atomic E-state index is -0.607. The van der Waals surface area contributed by atoms with Gasteiger partial charge in [0.15, 0.2) is 0 Å². The number of piperidine rings is 1. The Bertz CT molecular complexity index is 308. The van der Waals surface area contributed by atoms with Gasteiger partial charge in [-0.3, -0.25) is 9.69 Å². The molecule has 0 spiro atoms. The summed E-state index contributed by atoms with van der Waals surface area (Å²) in [5.41, 5.74) is 0. The molecule has 1 aliphatic carbocycles. The molecule has 0 radical (unpaired) electrons. The third kappa shape index (κ3) is 3.50. The summed E-state index contributed by atoms with van der Waals surface area (Å²) in [6, 6.07) is 0.263. The fourth-order valence-electron chi connectivity index (χ4n) is 4.28. The highest BCUT2D eigenvalue weighted by Gasteiger charge is 2.38. The second-order valence-corrected chi connectivity index (χ2v) is 6.96. The van der Waals surface area contributed by atoms with E-state index in [1.807, 2.05) is 0 Å². The first-order chi connectivity index (χ1) is 9.01. The van der Waals surface area contributed by atoms with Crippen molar-refractivity contribution in [2.45, 2.75) is 71.4 Å². The number of likely N-dealkylation sites (tertiary alicyclic amines) is 1. The van der Waals surface area contributed by atoms with E-state index in [1.165, 1.54) is 25.7 Å². The Morgan fingerprint density at radius 1 is 1.16 bits per heavy atom. The highest BCUT2D eigenvalue weighted by molar-refractivity contribution is 5.73. The first-order valence-corrected chi connectivity index (χ1v) is 7.99. The molecule has 1 saturated carbocycles. The first-order valence-electron chi connectivity index (χ1n) is 7.99. The Morgan fingerprint density at radius 2 is 1.79 bits per heavy atom. The molecule has 0 aromatic heterocycles. The molecule has 110 valence electrons. The number of carboxylic acid groups (broad SMARTS) is 1. The van der Waals surface area contributed by atoms with Crippen LogP contribution in [0.5, 0.6) is 0 Å². The normalized spacial score (nSPS) is 41.1. The van der Waals surface area contributed by atoms with Gasteiger partial charge in [0, 0.05) is 6.04 Å². The van der Waals surface area contributed by atoms with E-state index in [0.29, 0.717) is 12.0 Å². The van der Waals surface area contributed by atoms with Crippen LogP contribution < -0.4 is 0 Å². The summed E-state index contributed by atoms with van der Waals surface area (Å²) >= 11 is 0. The summed E-state index contributed by atoms with van der Waals surface area (Å²) in [6.07, 6.45) is 6.83. The maximum Gasteiger partial charge on any atom is 0.320 e. The Hall–Kier alpha value is -0.570. The third-order valence-corrected chi connectivity index (χ3v) is 5.24. The lowest BCUT2D eigenvalue weighted by Crippen LogP contribution is -2.53. The molecule has 0 amide bonds. The standard InChI is InChI=1S/C16H29NO2/c1-4-13-5-6-17(15(10-13)16(18)19)14-8-11(2)7-12(3)9-14/h11-15H,4-10H2,1-3H3,(H,18,19). The second kappa shape index (κ2) is 6.25. The van der Waals surface area contributed by atoms with Crippen LogP contribution in [-0.2, 0) is 4.79 Å². The monoisotopic (exact) mass is 267 g/mol. The average Bonchev–Trinajstić information content (AvgIpc) is 2.36. The SMILES string of the molecule is CCC1CCN(C2CC(C)CC(C)C2)C(C(=O)O)C1. The lowest BCUT2D eigenvalue weighted by atomic mass is 9.78. The quantitative estimate of drug-likeness (QED) is 0.852. The van der Waals surface area contributed by atoms with Crippen molar-refractivity contribution in [3.05, 3.63) is 0 Å². The van der Waals surface area contributed by atoms with Crippen LogP contribution in [0.25, 0.3) is 0 Å². The third-order valence-electron chi connectivity index (χ3n) is 5.24. The Kier molecular flexibility index (Phi) is 4.88. The van der Waals surface area contributed by atoms with Crippen molar-refractivity contribution in [3.8, 4) is 0 Å². The molecule has 0 bridgehead atoms. The predicted octanol–water partition coefficient (Wildman–Crippen LogP) is 3.39. The van der Waals surface area contributed by atoms with Crippen LogP contribution in [0, 0.1) is 17.8 Å². The van der Waals surface area contributed by atoms with Gasteiger partial charge in [0.2, 0.25) is 0 Å². The average molecular weight is 267 g/mol. The molecular formula is C16H29NO2. The van der Waals surface area contributed by atoms with Crippen molar-refractivity contribution >= 4 is 5.97 Å². The molecule has 1 aliphatic heterocycles. The number of carboxylic acids is 1. The van der Waals surface area contributed by atoms with Gasteiger partial charge in [-0.25, -0.2) is 0 Å². The zero-order valence-electron chi connectivity index (χ0n) is 12.6. The topological polar surface area (TPSA) is 40.5 Å². The summed E-state index contributed by atoms with van der Waals surface area (Å²) < 4.78 is 0. The Balaban J connectivity index is 2.06. The van der Waals surface area contributed by atoms with Crippen molar-refractivity contribution in [2.24, 2.45) is 17.8 Å². The molecule has 3 heteroatoms. The van der Waals surface area contributed by atoms with Gasteiger partial charge in [-0.2, -0.15) is 0 Å². The fraction of sp³-hybridized carbons (Fsp3) is 0.938. The second-order valence-electron chi connectivity index (χ2n) is 6.96. The van der Waals surface area contributed by atoms with Gasteiger partial charge < -0.3 is 5.11 Å². The zero-order valence-corrected chi connectivity index (χ0v) is 12.6. The van der Waals surface area contributed by atoms with Crippen molar-refractivity contribution in [2.75, 3.05) is 6.54 Å². The molecule has 2 fully saturated rings. The van der Waals surface area contributed by atoms with E-state index in [-0.39, 0.29) is 6.04 Å². The Labute approximate surface area is 117 Å². The summed E-state index contributed by atoms with van der Waals surface area (Å²) in [7, 11) is 0. The predicted molar refractivity (Wildman–Crippen MR) is 77.1 cm³/mol. The van der Waals surface area contributed by atoms with Gasteiger partial charge in [-0.15, -0.1) is 0 Å². The van der Waals surface area contributed by atoms with Crippen LogP contribution in [0.3, 0.4) is 0 Å². The number of hydrogen-bond acceptors (Lipinski definition) is 2. The van der Waals surface area contributed by atoms with Crippen molar-refractivity contribution in [3.63, 3.8) is 0 Å². The van der Waals surface area contributed by atoms with E-state index in [4.69, 9.17) is 0 Å². The number of rotatable bonds is 3. The largest absolute Gasteiger partial charge is 0.480 e. The van der Waals surface area contributed by atoms with Crippen molar-refractivity contribution in [1.82, 2.24) is 4.90 Å². The number of carbonyl (C=O) groups is 1. The molecule has 0 aromatic carbocycles. The zero-order chi connectivity index (χ0) is 14.0. The van der Waals surface area contributed by atoms with Crippen LogP contribution in [-0.4, -0.2) is 34.6 Å². The first kappa shape index (κ1) is 14.8. The van der Waals surface area contributed by atoms with Crippen LogP contribution >= 0.6 is 0 Å². The number of aliphatic carboxylic acids is 1. The van der Waals surface area contributed by atoms with Gasteiger partial charge in [-0.1, -0.05) is 27.2 Å². The molecule has 2 aliphatic rings. The molecular weight excluding hydrogens is 238 g/mol. The lowest BCUT2D eigenvalue weighted by Gasteiger charge is -2.45. The van der Waals surface area contributed by atoms with Gasteiger partial charge in [-0.05, 0) is 56.4 Å². The molecule has 4 unspecified atom stereocenters. The maximum absolute atomic E-state index is 11.6. The van der Waals surface area contributed by atoms with Crippen LogP contribution in [0.15, 0.2) is 0 Å². The molecule has 19 heavy (non-hydrogen) atoms. The number of nitrogens with zero attached hydrogens (tertiary/aromatic N) is 1. The van der Waals surface area contributed by atoms with Crippen molar-refractivity contribution in [1.29, 1.82) is 0 Å². The fourth-order valence-corrected chi connectivity index (χ4v) is 4.28. The lowest BCUT2D eigenvalue weighted by molar-refractivity contribution is -0.147. The van der Waals surface area contributed by atoms with Gasteiger partial charge in [0.05, 0.1) is 0 Å². The van der Waals surface area contributed by atoms with Gasteiger partial charge in [0.1, 0.15) is 6.04 Å². The summed E-state index contributed by atoms with van der Waals surface area (Å²) in [5.74, 6) is 1.49. The van der Waals surface area contributed by atoms with E-state index in [0.717, 1.165) is 31.2 Å². The van der Waals surface area contributed by atoms with Gasteiger partial charge >= 0.3 is 5.97 Å². The highest BCUT2D eigenvalue weighted by atomic mass is 16.4.